The lowest BCUT2D eigenvalue weighted by molar-refractivity contribution is 0.0970. The van der Waals surface area contributed by atoms with Crippen LogP contribution in [0.2, 0.25) is 5.02 Å². The largest absolute Gasteiger partial charge is 0.495 e. The molecule has 0 radical (unpaired) electrons. The lowest BCUT2D eigenvalue weighted by Gasteiger charge is -2.16. The summed E-state index contributed by atoms with van der Waals surface area (Å²) in [5.41, 5.74) is -0.149. The monoisotopic (exact) mass is 410 g/mol. The molecule has 0 spiro atoms. The van der Waals surface area contributed by atoms with E-state index in [0.29, 0.717) is 24.4 Å². The van der Waals surface area contributed by atoms with Gasteiger partial charge in [-0.3, -0.25) is 9.59 Å². The van der Waals surface area contributed by atoms with Gasteiger partial charge in [-0.15, -0.1) is 0 Å². The zero-order chi connectivity index (χ0) is 19.6. The number of methoxy groups -OCH3 is 1. The van der Waals surface area contributed by atoms with Gasteiger partial charge in [0.15, 0.2) is 5.78 Å². The maximum atomic E-state index is 12.7. The number of halogens is 1. The molecule has 7 nitrogen and oxygen atoms in total. The molecule has 1 saturated heterocycles. The van der Waals surface area contributed by atoms with Crippen LogP contribution in [-0.2, 0) is 16.6 Å². The van der Waals surface area contributed by atoms with Crippen LogP contribution in [0.5, 0.6) is 5.75 Å². The zero-order valence-corrected chi connectivity index (χ0v) is 16.3. The summed E-state index contributed by atoms with van der Waals surface area (Å²) in [6.07, 6.45) is 2.85. The van der Waals surface area contributed by atoms with E-state index in [1.807, 2.05) is 0 Å². The van der Waals surface area contributed by atoms with Crippen molar-refractivity contribution in [1.29, 1.82) is 0 Å². The Bertz CT molecular complexity index is 1030. The second kappa shape index (κ2) is 7.84. The van der Waals surface area contributed by atoms with Crippen molar-refractivity contribution < 1.29 is 17.9 Å². The van der Waals surface area contributed by atoms with Gasteiger partial charge in [0.25, 0.3) is 5.56 Å². The third kappa shape index (κ3) is 4.07. The van der Waals surface area contributed by atoms with E-state index in [9.17, 15) is 18.0 Å². The number of rotatable bonds is 6. The van der Waals surface area contributed by atoms with Crippen LogP contribution >= 0.6 is 11.6 Å². The Morgan fingerprint density at radius 1 is 1.19 bits per heavy atom. The molecule has 1 aliphatic rings. The Balaban J connectivity index is 1.88. The summed E-state index contributed by atoms with van der Waals surface area (Å²) in [7, 11) is -2.20. The van der Waals surface area contributed by atoms with Crippen LogP contribution in [0.1, 0.15) is 23.2 Å². The van der Waals surface area contributed by atoms with Crippen LogP contribution in [0.15, 0.2) is 46.2 Å². The minimum atomic E-state index is -3.67. The number of carbonyl (C=O) groups is 1. The number of Topliss-reactive ketones (excluding diaryl/α,β-unsaturated/α-hetero) is 1. The van der Waals surface area contributed by atoms with Gasteiger partial charge in [0, 0.05) is 30.9 Å². The number of nitrogens with zero attached hydrogens (tertiary/aromatic N) is 2. The summed E-state index contributed by atoms with van der Waals surface area (Å²) in [4.78, 5) is 24.6. The minimum absolute atomic E-state index is 0.00423. The van der Waals surface area contributed by atoms with Crippen LogP contribution in [-0.4, -0.2) is 43.3 Å². The molecule has 0 unspecified atom stereocenters. The SMILES string of the molecule is COc1ccc(C(=O)Cn2cc(S(=O)(=O)N3CCCC3)ccc2=O)cc1Cl. The average molecular weight is 411 g/mol. The van der Waals surface area contributed by atoms with Gasteiger partial charge in [-0.2, -0.15) is 4.31 Å². The maximum Gasteiger partial charge on any atom is 0.251 e. The molecule has 3 rings (SSSR count). The van der Waals surface area contributed by atoms with E-state index in [1.54, 1.807) is 12.1 Å². The zero-order valence-electron chi connectivity index (χ0n) is 14.7. The average Bonchev–Trinajstić information content (AvgIpc) is 3.18. The third-order valence-electron chi connectivity index (χ3n) is 4.45. The number of aromatic nitrogens is 1. The van der Waals surface area contributed by atoms with Gasteiger partial charge in [0.05, 0.1) is 23.6 Å². The van der Waals surface area contributed by atoms with E-state index in [2.05, 4.69) is 0 Å². The van der Waals surface area contributed by atoms with Crippen LogP contribution in [0.25, 0.3) is 0 Å². The summed E-state index contributed by atoms with van der Waals surface area (Å²) in [6, 6.07) is 7.01. The molecule has 0 aliphatic carbocycles. The smallest absolute Gasteiger partial charge is 0.251 e. The Labute approximate surface area is 162 Å². The highest BCUT2D eigenvalue weighted by Crippen LogP contribution is 2.25. The van der Waals surface area contributed by atoms with E-state index < -0.39 is 15.6 Å². The Kier molecular flexibility index (Phi) is 5.69. The summed E-state index contributed by atoms with van der Waals surface area (Å²) in [5.74, 6) is 0.0708. The molecule has 2 aromatic rings. The van der Waals surface area contributed by atoms with Gasteiger partial charge >= 0.3 is 0 Å². The van der Waals surface area contributed by atoms with Crippen molar-refractivity contribution in [3.05, 3.63) is 57.5 Å². The van der Waals surface area contributed by atoms with E-state index in [1.165, 1.54) is 29.7 Å². The van der Waals surface area contributed by atoms with Crippen LogP contribution in [0, 0.1) is 0 Å². The number of benzene rings is 1. The fourth-order valence-corrected chi connectivity index (χ4v) is 4.74. The lowest BCUT2D eigenvalue weighted by Crippen LogP contribution is -2.30. The van der Waals surface area contributed by atoms with Crippen molar-refractivity contribution in [3.63, 3.8) is 0 Å². The van der Waals surface area contributed by atoms with Crippen molar-refractivity contribution >= 4 is 27.4 Å². The molecule has 1 fully saturated rings. The highest BCUT2D eigenvalue weighted by molar-refractivity contribution is 7.89. The van der Waals surface area contributed by atoms with E-state index >= 15 is 0 Å². The molecular formula is C18H19ClN2O5S. The van der Waals surface area contributed by atoms with Crippen LogP contribution in [0.4, 0.5) is 0 Å². The fourth-order valence-electron chi connectivity index (χ4n) is 2.95. The Hall–Kier alpha value is -2.16. The summed E-state index contributed by atoms with van der Waals surface area (Å²) in [6.45, 7) is 0.639. The lowest BCUT2D eigenvalue weighted by atomic mass is 10.1. The van der Waals surface area contributed by atoms with Crippen molar-refractivity contribution in [1.82, 2.24) is 8.87 Å². The van der Waals surface area contributed by atoms with Gasteiger partial charge in [-0.1, -0.05) is 11.6 Å². The predicted molar refractivity (Wildman–Crippen MR) is 101 cm³/mol. The standard InChI is InChI=1S/C18H19ClN2O5S/c1-26-17-6-4-13(10-15(17)19)16(22)12-20-11-14(5-7-18(20)23)27(24,25)21-8-2-3-9-21/h4-7,10-11H,2-3,8-9,12H2,1H3. The summed E-state index contributed by atoms with van der Waals surface area (Å²) in [5, 5.41) is 0.279. The third-order valence-corrected chi connectivity index (χ3v) is 6.62. The number of pyridine rings is 1. The first-order valence-electron chi connectivity index (χ1n) is 8.40. The van der Waals surface area contributed by atoms with Gasteiger partial charge in [-0.25, -0.2) is 8.42 Å². The van der Waals surface area contributed by atoms with E-state index in [0.717, 1.165) is 23.5 Å². The number of hydrogen-bond donors (Lipinski definition) is 0. The molecule has 0 bridgehead atoms. The first-order valence-corrected chi connectivity index (χ1v) is 10.2. The first-order chi connectivity index (χ1) is 12.8. The molecule has 1 aromatic carbocycles. The second-order valence-electron chi connectivity index (χ2n) is 6.21. The van der Waals surface area contributed by atoms with Crippen molar-refractivity contribution in [2.24, 2.45) is 0 Å². The highest BCUT2D eigenvalue weighted by atomic mass is 35.5. The van der Waals surface area contributed by atoms with Crippen molar-refractivity contribution in [2.45, 2.75) is 24.3 Å². The van der Waals surface area contributed by atoms with Gasteiger partial charge in [0.2, 0.25) is 10.0 Å². The molecule has 27 heavy (non-hydrogen) atoms. The molecule has 0 amide bonds. The molecular weight excluding hydrogens is 392 g/mol. The second-order valence-corrected chi connectivity index (χ2v) is 8.56. The van der Waals surface area contributed by atoms with Crippen molar-refractivity contribution in [2.75, 3.05) is 20.2 Å². The topological polar surface area (TPSA) is 85.7 Å². The fraction of sp³-hybridized carbons (Fsp3) is 0.333. The van der Waals surface area contributed by atoms with E-state index in [4.69, 9.17) is 16.3 Å². The molecule has 9 heteroatoms. The van der Waals surface area contributed by atoms with E-state index in [-0.39, 0.29) is 22.2 Å². The normalized spacial score (nSPS) is 15.0. The summed E-state index contributed by atoms with van der Waals surface area (Å²) >= 11 is 6.04. The van der Waals surface area contributed by atoms with Crippen LogP contribution < -0.4 is 10.3 Å². The molecule has 1 aromatic heterocycles. The highest BCUT2D eigenvalue weighted by Gasteiger charge is 2.27. The molecule has 2 heterocycles. The Morgan fingerprint density at radius 2 is 1.89 bits per heavy atom. The number of carbonyl (C=O) groups excluding carboxylic acids is 1. The van der Waals surface area contributed by atoms with Crippen molar-refractivity contribution in [3.8, 4) is 5.75 Å². The maximum absolute atomic E-state index is 12.7. The quantitative estimate of drug-likeness (QED) is 0.681. The minimum Gasteiger partial charge on any atom is -0.495 e. The number of ketones is 1. The van der Waals surface area contributed by atoms with Gasteiger partial charge < -0.3 is 9.30 Å². The molecule has 0 saturated carbocycles. The Morgan fingerprint density at radius 3 is 2.52 bits per heavy atom. The van der Waals surface area contributed by atoms with Gasteiger partial charge in [-0.05, 0) is 37.1 Å². The molecule has 0 N–H and O–H groups in total. The first kappa shape index (κ1) is 19.6. The summed E-state index contributed by atoms with van der Waals surface area (Å²) < 4.78 is 32.9. The molecule has 144 valence electrons. The predicted octanol–water partition coefficient (Wildman–Crippen LogP) is 2.18. The molecule has 1 aliphatic heterocycles. The number of hydrogen-bond acceptors (Lipinski definition) is 5. The van der Waals surface area contributed by atoms with Crippen LogP contribution in [0.3, 0.4) is 0 Å². The van der Waals surface area contributed by atoms with Gasteiger partial charge in [0.1, 0.15) is 5.75 Å². The molecule has 0 atom stereocenters. The number of sulfonamides is 1. The number of ether oxygens (including phenoxy) is 1.